The summed E-state index contributed by atoms with van der Waals surface area (Å²) in [5.41, 5.74) is 1.15. The standard InChI is InChI=1S/C16H18O4S/c1-3-20-16(18)15(17)14-9-8-13(21-14)10-11-4-6-12(19-2)7-5-11/h4-9,15,17H,3,10H2,1-2H3/t15-/m0/s1. The first-order chi connectivity index (χ1) is 10.1. The van der Waals surface area contributed by atoms with E-state index in [4.69, 9.17) is 9.47 Å². The quantitative estimate of drug-likeness (QED) is 0.834. The Hall–Kier alpha value is -1.85. The number of methoxy groups -OCH3 is 1. The van der Waals surface area contributed by atoms with Crippen molar-refractivity contribution in [2.75, 3.05) is 13.7 Å². The van der Waals surface area contributed by atoms with Crippen molar-refractivity contribution in [1.82, 2.24) is 0 Å². The number of thiophene rings is 1. The second kappa shape index (κ2) is 7.24. The number of benzene rings is 1. The Labute approximate surface area is 128 Å². The Balaban J connectivity index is 2.03. The van der Waals surface area contributed by atoms with Crippen LogP contribution in [0.1, 0.15) is 28.3 Å². The lowest BCUT2D eigenvalue weighted by atomic mass is 10.1. The van der Waals surface area contributed by atoms with E-state index >= 15 is 0 Å². The molecule has 0 aliphatic carbocycles. The smallest absolute Gasteiger partial charge is 0.340 e. The van der Waals surface area contributed by atoms with Crippen LogP contribution in [0.25, 0.3) is 0 Å². The number of esters is 1. The van der Waals surface area contributed by atoms with Gasteiger partial charge in [-0.2, -0.15) is 0 Å². The van der Waals surface area contributed by atoms with Crippen LogP contribution in [-0.2, 0) is 16.0 Å². The number of aliphatic hydroxyl groups is 1. The lowest BCUT2D eigenvalue weighted by Crippen LogP contribution is -2.14. The predicted octanol–water partition coefficient (Wildman–Crippen LogP) is 2.94. The average molecular weight is 306 g/mol. The Morgan fingerprint density at radius 3 is 2.57 bits per heavy atom. The summed E-state index contributed by atoms with van der Waals surface area (Å²) in [5.74, 6) is 0.221. The first kappa shape index (κ1) is 15.5. The van der Waals surface area contributed by atoms with Gasteiger partial charge in [-0.1, -0.05) is 12.1 Å². The van der Waals surface area contributed by atoms with Gasteiger partial charge in [0, 0.05) is 16.2 Å². The molecule has 2 aromatic rings. The molecule has 1 aromatic heterocycles. The van der Waals surface area contributed by atoms with Crippen LogP contribution in [0.15, 0.2) is 36.4 Å². The van der Waals surface area contributed by atoms with Crippen molar-refractivity contribution in [3.63, 3.8) is 0 Å². The van der Waals surface area contributed by atoms with Crippen LogP contribution in [0.5, 0.6) is 5.75 Å². The number of carbonyl (C=O) groups is 1. The highest BCUT2D eigenvalue weighted by Crippen LogP contribution is 2.26. The minimum atomic E-state index is -1.19. The molecule has 5 heteroatoms. The van der Waals surface area contributed by atoms with E-state index in [0.717, 1.165) is 22.6 Å². The molecule has 0 saturated carbocycles. The number of rotatable bonds is 6. The minimum Gasteiger partial charge on any atom is -0.497 e. The molecule has 0 spiro atoms. The molecule has 0 saturated heterocycles. The van der Waals surface area contributed by atoms with E-state index in [1.165, 1.54) is 11.3 Å². The molecule has 112 valence electrons. The molecule has 0 radical (unpaired) electrons. The largest absolute Gasteiger partial charge is 0.497 e. The highest BCUT2D eigenvalue weighted by atomic mass is 32.1. The number of carbonyl (C=O) groups excluding carboxylic acids is 1. The lowest BCUT2D eigenvalue weighted by molar-refractivity contribution is -0.153. The first-order valence-electron chi connectivity index (χ1n) is 6.70. The Morgan fingerprint density at radius 1 is 1.24 bits per heavy atom. The van der Waals surface area contributed by atoms with E-state index in [9.17, 15) is 9.90 Å². The van der Waals surface area contributed by atoms with Crippen molar-refractivity contribution >= 4 is 17.3 Å². The molecular weight excluding hydrogens is 288 g/mol. The topological polar surface area (TPSA) is 55.8 Å². The summed E-state index contributed by atoms with van der Waals surface area (Å²) >= 11 is 1.42. The van der Waals surface area contributed by atoms with Crippen molar-refractivity contribution in [3.05, 3.63) is 51.7 Å². The highest BCUT2D eigenvalue weighted by molar-refractivity contribution is 7.12. The zero-order valence-corrected chi connectivity index (χ0v) is 12.9. The van der Waals surface area contributed by atoms with Crippen LogP contribution in [-0.4, -0.2) is 24.8 Å². The number of aliphatic hydroxyl groups excluding tert-OH is 1. The van der Waals surface area contributed by atoms with Crippen molar-refractivity contribution in [3.8, 4) is 5.75 Å². The van der Waals surface area contributed by atoms with Crippen molar-refractivity contribution in [2.45, 2.75) is 19.4 Å². The molecule has 1 heterocycles. The number of hydrogen-bond acceptors (Lipinski definition) is 5. The Morgan fingerprint density at radius 2 is 1.95 bits per heavy atom. The molecule has 0 amide bonds. The lowest BCUT2D eigenvalue weighted by Gasteiger charge is -2.06. The number of ether oxygens (including phenoxy) is 2. The molecule has 1 aromatic carbocycles. The van der Waals surface area contributed by atoms with Crippen LogP contribution in [0.2, 0.25) is 0 Å². The monoisotopic (exact) mass is 306 g/mol. The van der Waals surface area contributed by atoms with Gasteiger partial charge in [0.15, 0.2) is 6.10 Å². The predicted molar refractivity (Wildman–Crippen MR) is 81.7 cm³/mol. The van der Waals surface area contributed by atoms with E-state index in [1.807, 2.05) is 30.3 Å². The summed E-state index contributed by atoms with van der Waals surface area (Å²) in [7, 11) is 1.64. The fourth-order valence-corrected chi connectivity index (χ4v) is 2.94. The van der Waals surface area contributed by atoms with Gasteiger partial charge in [0.25, 0.3) is 0 Å². The van der Waals surface area contributed by atoms with Gasteiger partial charge in [-0.05, 0) is 36.8 Å². The van der Waals surface area contributed by atoms with Crippen LogP contribution in [0.3, 0.4) is 0 Å². The fraction of sp³-hybridized carbons (Fsp3) is 0.312. The summed E-state index contributed by atoms with van der Waals surface area (Å²) in [5, 5.41) is 9.89. The zero-order valence-electron chi connectivity index (χ0n) is 12.0. The summed E-state index contributed by atoms with van der Waals surface area (Å²) in [6, 6.07) is 11.5. The third-order valence-electron chi connectivity index (χ3n) is 3.00. The summed E-state index contributed by atoms with van der Waals surface area (Å²) in [6.07, 6.45) is -0.441. The molecule has 0 aliphatic rings. The summed E-state index contributed by atoms with van der Waals surface area (Å²) in [6.45, 7) is 1.98. The van der Waals surface area contributed by atoms with Crippen LogP contribution in [0.4, 0.5) is 0 Å². The van der Waals surface area contributed by atoms with Crippen molar-refractivity contribution < 1.29 is 19.4 Å². The average Bonchev–Trinajstić information content (AvgIpc) is 2.96. The van der Waals surface area contributed by atoms with Crippen LogP contribution in [0, 0.1) is 0 Å². The molecular formula is C16H18O4S. The van der Waals surface area contributed by atoms with Crippen LogP contribution < -0.4 is 4.74 Å². The minimum absolute atomic E-state index is 0.264. The van der Waals surface area contributed by atoms with Crippen LogP contribution >= 0.6 is 11.3 Å². The molecule has 0 aliphatic heterocycles. The Bertz CT molecular complexity index is 589. The maximum absolute atomic E-state index is 11.5. The van der Waals surface area contributed by atoms with E-state index in [2.05, 4.69) is 0 Å². The van der Waals surface area contributed by atoms with Gasteiger partial charge in [0.2, 0.25) is 0 Å². The molecule has 4 nitrogen and oxygen atoms in total. The van der Waals surface area contributed by atoms with Gasteiger partial charge in [0.1, 0.15) is 5.75 Å². The Kier molecular flexibility index (Phi) is 5.36. The molecule has 1 atom stereocenters. The van der Waals surface area contributed by atoms with Crippen molar-refractivity contribution in [2.24, 2.45) is 0 Å². The third kappa shape index (κ3) is 4.06. The third-order valence-corrected chi connectivity index (χ3v) is 4.14. The highest BCUT2D eigenvalue weighted by Gasteiger charge is 2.20. The molecule has 1 N–H and O–H groups in total. The molecule has 0 fully saturated rings. The summed E-state index contributed by atoms with van der Waals surface area (Å²) in [4.78, 5) is 13.2. The molecule has 2 rings (SSSR count). The van der Waals surface area contributed by atoms with E-state index in [1.54, 1.807) is 20.1 Å². The SMILES string of the molecule is CCOC(=O)[C@@H](O)c1ccc(Cc2ccc(OC)cc2)s1. The van der Waals surface area contributed by atoms with E-state index in [0.29, 0.717) is 4.88 Å². The zero-order chi connectivity index (χ0) is 15.2. The van der Waals surface area contributed by atoms with Gasteiger partial charge in [-0.3, -0.25) is 0 Å². The normalized spacial score (nSPS) is 12.0. The molecule has 21 heavy (non-hydrogen) atoms. The van der Waals surface area contributed by atoms with E-state index < -0.39 is 12.1 Å². The molecule has 0 bridgehead atoms. The van der Waals surface area contributed by atoms with E-state index in [-0.39, 0.29) is 6.61 Å². The number of hydrogen-bond donors (Lipinski definition) is 1. The maximum Gasteiger partial charge on any atom is 0.340 e. The van der Waals surface area contributed by atoms with Gasteiger partial charge in [-0.15, -0.1) is 11.3 Å². The van der Waals surface area contributed by atoms with Crippen molar-refractivity contribution in [1.29, 1.82) is 0 Å². The second-order valence-corrected chi connectivity index (χ2v) is 5.68. The van der Waals surface area contributed by atoms with Gasteiger partial charge < -0.3 is 14.6 Å². The maximum atomic E-state index is 11.5. The first-order valence-corrected chi connectivity index (χ1v) is 7.52. The second-order valence-electron chi connectivity index (χ2n) is 4.48. The van der Waals surface area contributed by atoms with Gasteiger partial charge >= 0.3 is 5.97 Å². The summed E-state index contributed by atoms with van der Waals surface area (Å²) < 4.78 is 9.94. The van der Waals surface area contributed by atoms with Gasteiger partial charge in [-0.25, -0.2) is 4.79 Å². The fourth-order valence-electron chi connectivity index (χ4n) is 1.92. The molecule has 0 unspecified atom stereocenters. The van der Waals surface area contributed by atoms with Gasteiger partial charge in [0.05, 0.1) is 13.7 Å².